The third-order valence-electron chi connectivity index (χ3n) is 2.97. The van der Waals surface area contributed by atoms with E-state index in [1.54, 1.807) is 12.5 Å². The molecule has 3 N–H and O–H groups in total. The fourth-order valence-corrected chi connectivity index (χ4v) is 1.79. The van der Waals surface area contributed by atoms with E-state index in [0.717, 1.165) is 25.0 Å². The summed E-state index contributed by atoms with van der Waals surface area (Å²) < 4.78 is 1.86. The van der Waals surface area contributed by atoms with Gasteiger partial charge >= 0.3 is 0 Å². The lowest BCUT2D eigenvalue weighted by atomic mass is 9.74. The molecule has 4 heteroatoms. The van der Waals surface area contributed by atoms with Crippen molar-refractivity contribution in [2.24, 2.45) is 12.8 Å². The normalized spacial score (nSPS) is 22.4. The van der Waals surface area contributed by atoms with Gasteiger partial charge in [-0.05, 0) is 19.3 Å². The first-order valence-corrected chi connectivity index (χ1v) is 4.58. The smallest absolute Gasteiger partial charge is 0.0946 e. The molecular formula is C9H15N3O. The maximum absolute atomic E-state index is 10.0. The van der Waals surface area contributed by atoms with Crippen LogP contribution in [-0.2, 0) is 7.05 Å². The molecule has 0 radical (unpaired) electrons. The average molecular weight is 181 g/mol. The molecule has 1 aliphatic rings. The minimum atomic E-state index is -0.687. The van der Waals surface area contributed by atoms with Gasteiger partial charge in [-0.3, -0.25) is 0 Å². The van der Waals surface area contributed by atoms with E-state index in [2.05, 4.69) is 4.98 Å². The molecular weight excluding hydrogens is 166 g/mol. The highest BCUT2D eigenvalue weighted by Gasteiger charge is 2.42. The zero-order chi connectivity index (χ0) is 9.47. The highest BCUT2D eigenvalue weighted by atomic mass is 16.3. The van der Waals surface area contributed by atoms with Gasteiger partial charge in [0, 0.05) is 13.2 Å². The highest BCUT2D eigenvalue weighted by Crippen LogP contribution is 2.40. The van der Waals surface area contributed by atoms with Crippen LogP contribution >= 0.6 is 0 Å². The van der Waals surface area contributed by atoms with Crippen molar-refractivity contribution >= 4 is 0 Å². The van der Waals surface area contributed by atoms with Crippen molar-refractivity contribution < 1.29 is 5.11 Å². The molecule has 1 aliphatic carbocycles. The van der Waals surface area contributed by atoms with Crippen molar-refractivity contribution in [1.82, 2.24) is 9.55 Å². The molecule has 13 heavy (non-hydrogen) atoms. The fraction of sp³-hybridized carbons (Fsp3) is 0.667. The van der Waals surface area contributed by atoms with Gasteiger partial charge in [0.25, 0.3) is 0 Å². The summed E-state index contributed by atoms with van der Waals surface area (Å²) in [6, 6.07) is -0.297. The van der Waals surface area contributed by atoms with Gasteiger partial charge in [-0.2, -0.15) is 0 Å². The van der Waals surface area contributed by atoms with E-state index in [1.165, 1.54) is 0 Å². The Morgan fingerprint density at radius 3 is 2.77 bits per heavy atom. The molecule has 1 aromatic rings. The number of hydrogen-bond acceptors (Lipinski definition) is 3. The van der Waals surface area contributed by atoms with Crippen molar-refractivity contribution in [3.63, 3.8) is 0 Å². The van der Waals surface area contributed by atoms with E-state index in [1.807, 2.05) is 11.6 Å². The van der Waals surface area contributed by atoms with Gasteiger partial charge in [-0.1, -0.05) is 0 Å². The van der Waals surface area contributed by atoms with Crippen LogP contribution in [0.25, 0.3) is 0 Å². The summed E-state index contributed by atoms with van der Waals surface area (Å²) in [4.78, 5) is 3.99. The number of aliphatic hydroxyl groups is 1. The molecule has 1 fully saturated rings. The second-order valence-electron chi connectivity index (χ2n) is 3.86. The molecule has 1 saturated carbocycles. The van der Waals surface area contributed by atoms with E-state index in [9.17, 15) is 5.11 Å². The SMILES string of the molecule is Cn1cncc1C(N)C1(O)CCC1. The molecule has 1 unspecified atom stereocenters. The lowest BCUT2D eigenvalue weighted by molar-refractivity contribution is -0.0575. The summed E-state index contributed by atoms with van der Waals surface area (Å²) in [6.07, 6.45) is 6.11. The van der Waals surface area contributed by atoms with E-state index >= 15 is 0 Å². The number of hydrogen-bond donors (Lipinski definition) is 2. The Balaban J connectivity index is 2.22. The highest BCUT2D eigenvalue weighted by molar-refractivity contribution is 5.12. The zero-order valence-corrected chi connectivity index (χ0v) is 7.77. The molecule has 0 aromatic carbocycles. The van der Waals surface area contributed by atoms with E-state index in [-0.39, 0.29) is 6.04 Å². The Morgan fingerprint density at radius 2 is 2.38 bits per heavy atom. The van der Waals surface area contributed by atoms with Gasteiger partial charge in [0.1, 0.15) is 0 Å². The lowest BCUT2D eigenvalue weighted by Crippen LogP contribution is -2.47. The Kier molecular flexibility index (Phi) is 1.89. The summed E-state index contributed by atoms with van der Waals surface area (Å²) in [5.74, 6) is 0. The Hall–Kier alpha value is -0.870. The first-order valence-electron chi connectivity index (χ1n) is 4.58. The van der Waals surface area contributed by atoms with Gasteiger partial charge < -0.3 is 15.4 Å². The molecule has 72 valence electrons. The number of nitrogens with two attached hydrogens (primary N) is 1. The van der Waals surface area contributed by atoms with Crippen LogP contribution in [0.4, 0.5) is 0 Å². The first kappa shape index (κ1) is 8.72. The predicted molar refractivity (Wildman–Crippen MR) is 48.9 cm³/mol. The molecule has 4 nitrogen and oxygen atoms in total. The van der Waals surface area contributed by atoms with Gasteiger partial charge in [0.15, 0.2) is 0 Å². The van der Waals surface area contributed by atoms with Crippen molar-refractivity contribution in [1.29, 1.82) is 0 Å². The van der Waals surface area contributed by atoms with Crippen LogP contribution in [0.5, 0.6) is 0 Å². The minimum Gasteiger partial charge on any atom is -0.388 e. The van der Waals surface area contributed by atoms with Gasteiger partial charge in [0.2, 0.25) is 0 Å². The quantitative estimate of drug-likeness (QED) is 0.691. The van der Waals surface area contributed by atoms with Gasteiger partial charge in [-0.25, -0.2) is 4.98 Å². The molecule has 1 atom stereocenters. The van der Waals surface area contributed by atoms with Crippen molar-refractivity contribution in [3.05, 3.63) is 18.2 Å². The monoisotopic (exact) mass is 181 g/mol. The Labute approximate surface area is 77.4 Å². The van der Waals surface area contributed by atoms with Crippen LogP contribution in [-0.4, -0.2) is 20.3 Å². The van der Waals surface area contributed by atoms with Gasteiger partial charge in [0.05, 0.1) is 23.7 Å². The second kappa shape index (κ2) is 2.82. The molecule has 1 aromatic heterocycles. The lowest BCUT2D eigenvalue weighted by Gasteiger charge is -2.41. The molecule has 0 spiro atoms. The third-order valence-corrected chi connectivity index (χ3v) is 2.97. The first-order chi connectivity index (χ1) is 6.13. The molecule has 0 saturated heterocycles. The number of rotatable bonds is 2. The van der Waals surface area contributed by atoms with Crippen LogP contribution in [0.2, 0.25) is 0 Å². The van der Waals surface area contributed by atoms with Crippen LogP contribution < -0.4 is 5.73 Å². The van der Waals surface area contributed by atoms with E-state index < -0.39 is 5.60 Å². The second-order valence-corrected chi connectivity index (χ2v) is 3.86. The number of imidazole rings is 1. The van der Waals surface area contributed by atoms with Crippen LogP contribution in [0.3, 0.4) is 0 Å². The van der Waals surface area contributed by atoms with E-state index in [4.69, 9.17) is 5.73 Å². The predicted octanol–water partition coefficient (Wildman–Crippen LogP) is 0.335. The summed E-state index contributed by atoms with van der Waals surface area (Å²) in [6.45, 7) is 0. The third kappa shape index (κ3) is 1.26. The van der Waals surface area contributed by atoms with Crippen LogP contribution in [0, 0.1) is 0 Å². The van der Waals surface area contributed by atoms with Gasteiger partial charge in [-0.15, -0.1) is 0 Å². The molecule has 0 amide bonds. The largest absolute Gasteiger partial charge is 0.388 e. The van der Waals surface area contributed by atoms with E-state index in [0.29, 0.717) is 0 Å². The molecule has 0 aliphatic heterocycles. The summed E-state index contributed by atoms with van der Waals surface area (Å²) in [5.41, 5.74) is 6.19. The van der Waals surface area contributed by atoms with Crippen molar-refractivity contribution in [3.8, 4) is 0 Å². The topological polar surface area (TPSA) is 64.1 Å². The number of nitrogens with zero attached hydrogens (tertiary/aromatic N) is 2. The summed E-state index contributed by atoms with van der Waals surface area (Å²) in [7, 11) is 1.89. The molecule has 1 heterocycles. The van der Waals surface area contributed by atoms with Crippen LogP contribution in [0.15, 0.2) is 12.5 Å². The summed E-state index contributed by atoms with van der Waals surface area (Å²) >= 11 is 0. The summed E-state index contributed by atoms with van der Waals surface area (Å²) in [5, 5.41) is 10.0. The maximum Gasteiger partial charge on any atom is 0.0946 e. The Morgan fingerprint density at radius 1 is 1.69 bits per heavy atom. The molecule has 0 bridgehead atoms. The Bertz CT molecular complexity index is 304. The number of aryl methyl sites for hydroxylation is 1. The fourth-order valence-electron chi connectivity index (χ4n) is 1.79. The maximum atomic E-state index is 10.0. The van der Waals surface area contributed by atoms with Crippen molar-refractivity contribution in [2.75, 3.05) is 0 Å². The standard InChI is InChI=1S/C9H15N3O/c1-12-6-11-5-7(12)8(10)9(13)3-2-4-9/h5-6,8,13H,2-4,10H2,1H3. The minimum absolute atomic E-state index is 0.297. The zero-order valence-electron chi connectivity index (χ0n) is 7.77. The molecule has 2 rings (SSSR count). The van der Waals surface area contributed by atoms with Crippen molar-refractivity contribution in [2.45, 2.75) is 30.9 Å². The number of aromatic nitrogens is 2. The average Bonchev–Trinajstić information content (AvgIpc) is 2.46. The van der Waals surface area contributed by atoms with Crippen LogP contribution in [0.1, 0.15) is 31.0 Å².